The van der Waals surface area contributed by atoms with E-state index in [9.17, 15) is 9.59 Å². The van der Waals surface area contributed by atoms with Crippen LogP contribution in [0.5, 0.6) is 5.75 Å². The van der Waals surface area contributed by atoms with E-state index in [4.69, 9.17) is 9.72 Å². The molecule has 2 heterocycles. The molecular weight excluding hydrogens is 418 g/mol. The maximum atomic E-state index is 13.5. The normalized spacial score (nSPS) is 14.8. The molecule has 0 atom stereocenters. The second-order valence-corrected chi connectivity index (χ2v) is 9.36. The van der Waals surface area contributed by atoms with Crippen LogP contribution in [0, 0.1) is 5.92 Å². The standard InChI is InChI=1S/C25H35N5O3/c1-5-28-23(31)21-22(30(25(28)32)15-17(2)3)27-24(26-19-9-7-6-8-10-19)29(21)16-18-11-13-20(33-4)14-12-18/h11-14,17,19H,5-10,15-16H2,1-4H3,(H,26,27). The lowest BCUT2D eigenvalue weighted by molar-refractivity contribution is 0.414. The molecule has 0 saturated heterocycles. The number of anilines is 1. The van der Waals surface area contributed by atoms with Gasteiger partial charge in [0.2, 0.25) is 5.95 Å². The van der Waals surface area contributed by atoms with Gasteiger partial charge in [0.05, 0.1) is 13.7 Å². The van der Waals surface area contributed by atoms with Crippen LogP contribution in [0.2, 0.25) is 0 Å². The topological polar surface area (TPSA) is 83.1 Å². The third kappa shape index (κ3) is 4.70. The number of imidazole rings is 1. The van der Waals surface area contributed by atoms with Crippen molar-refractivity contribution in [3.63, 3.8) is 0 Å². The largest absolute Gasteiger partial charge is 0.497 e. The van der Waals surface area contributed by atoms with Crippen molar-refractivity contribution in [2.75, 3.05) is 12.4 Å². The molecule has 8 nitrogen and oxygen atoms in total. The third-order valence-corrected chi connectivity index (χ3v) is 6.42. The van der Waals surface area contributed by atoms with Crippen molar-refractivity contribution in [1.82, 2.24) is 18.7 Å². The minimum absolute atomic E-state index is 0.246. The Morgan fingerprint density at radius 1 is 1.06 bits per heavy atom. The molecule has 4 rings (SSSR count). The zero-order chi connectivity index (χ0) is 23.5. The minimum Gasteiger partial charge on any atom is -0.497 e. The molecule has 1 fully saturated rings. The molecule has 1 aromatic carbocycles. The van der Waals surface area contributed by atoms with Gasteiger partial charge in [0.1, 0.15) is 5.75 Å². The molecule has 1 aliphatic rings. The zero-order valence-corrected chi connectivity index (χ0v) is 20.1. The van der Waals surface area contributed by atoms with E-state index in [0.717, 1.165) is 24.2 Å². The van der Waals surface area contributed by atoms with Crippen LogP contribution < -0.4 is 21.3 Å². The highest BCUT2D eigenvalue weighted by Gasteiger charge is 2.24. The first-order chi connectivity index (χ1) is 15.9. The lowest BCUT2D eigenvalue weighted by atomic mass is 9.96. The van der Waals surface area contributed by atoms with Gasteiger partial charge >= 0.3 is 5.69 Å². The van der Waals surface area contributed by atoms with Gasteiger partial charge in [-0.05, 0) is 43.4 Å². The fourth-order valence-electron chi connectivity index (χ4n) is 4.71. The average Bonchev–Trinajstić information content (AvgIpc) is 3.16. The molecule has 0 bridgehead atoms. The first-order valence-electron chi connectivity index (χ1n) is 12.1. The summed E-state index contributed by atoms with van der Waals surface area (Å²) in [6.07, 6.45) is 5.82. The average molecular weight is 454 g/mol. The van der Waals surface area contributed by atoms with Crippen molar-refractivity contribution in [2.45, 2.75) is 78.6 Å². The fourth-order valence-corrected chi connectivity index (χ4v) is 4.71. The fraction of sp³-hybridized carbons (Fsp3) is 0.560. The summed E-state index contributed by atoms with van der Waals surface area (Å²) in [4.78, 5) is 31.5. The van der Waals surface area contributed by atoms with Gasteiger partial charge < -0.3 is 10.1 Å². The summed E-state index contributed by atoms with van der Waals surface area (Å²) >= 11 is 0. The van der Waals surface area contributed by atoms with Crippen LogP contribution in [-0.2, 0) is 19.6 Å². The van der Waals surface area contributed by atoms with Gasteiger partial charge in [-0.15, -0.1) is 0 Å². The summed E-state index contributed by atoms with van der Waals surface area (Å²) in [5, 5.41) is 3.61. The number of rotatable bonds is 8. The van der Waals surface area contributed by atoms with Gasteiger partial charge in [-0.1, -0.05) is 45.2 Å². The van der Waals surface area contributed by atoms with Crippen molar-refractivity contribution >= 4 is 17.1 Å². The number of hydrogen-bond donors (Lipinski definition) is 1. The number of aromatic nitrogens is 4. The molecular formula is C25H35N5O3. The van der Waals surface area contributed by atoms with Gasteiger partial charge in [0.15, 0.2) is 11.2 Å². The van der Waals surface area contributed by atoms with E-state index in [0.29, 0.717) is 42.8 Å². The van der Waals surface area contributed by atoms with Crippen LogP contribution in [0.4, 0.5) is 5.95 Å². The molecule has 1 N–H and O–H groups in total. The molecule has 178 valence electrons. The summed E-state index contributed by atoms with van der Waals surface area (Å²) in [5.74, 6) is 1.69. The lowest BCUT2D eigenvalue weighted by Gasteiger charge is -2.23. The molecule has 0 amide bonds. The SMILES string of the molecule is CCn1c(=O)c2c(nc(NC3CCCCC3)n2Cc2ccc(OC)cc2)n(CC(C)C)c1=O. The Morgan fingerprint density at radius 3 is 2.36 bits per heavy atom. The van der Waals surface area contributed by atoms with Gasteiger partial charge in [0.25, 0.3) is 5.56 Å². The van der Waals surface area contributed by atoms with Crippen molar-refractivity contribution < 1.29 is 4.74 Å². The number of ether oxygens (including phenoxy) is 1. The Kier molecular flexibility index (Phi) is 6.91. The summed E-state index contributed by atoms with van der Waals surface area (Å²) in [6, 6.07) is 8.15. The molecule has 3 aromatic rings. The molecule has 0 spiro atoms. The van der Waals surface area contributed by atoms with E-state index in [1.165, 1.54) is 23.8 Å². The number of methoxy groups -OCH3 is 1. The van der Waals surface area contributed by atoms with Gasteiger partial charge in [-0.25, -0.2) is 4.79 Å². The van der Waals surface area contributed by atoms with Crippen LogP contribution >= 0.6 is 0 Å². The van der Waals surface area contributed by atoms with Crippen molar-refractivity contribution in [3.05, 3.63) is 50.7 Å². The van der Waals surface area contributed by atoms with Crippen molar-refractivity contribution in [1.29, 1.82) is 0 Å². The quantitative estimate of drug-likeness (QED) is 0.560. The minimum atomic E-state index is -0.290. The van der Waals surface area contributed by atoms with Crippen LogP contribution in [0.1, 0.15) is 58.4 Å². The molecule has 0 aliphatic heterocycles. The number of hydrogen-bond acceptors (Lipinski definition) is 5. The number of fused-ring (bicyclic) bond motifs is 1. The van der Waals surface area contributed by atoms with E-state index in [2.05, 4.69) is 19.2 Å². The highest BCUT2D eigenvalue weighted by Crippen LogP contribution is 2.25. The van der Waals surface area contributed by atoms with E-state index >= 15 is 0 Å². The third-order valence-electron chi connectivity index (χ3n) is 6.42. The molecule has 0 unspecified atom stereocenters. The summed E-state index contributed by atoms with van der Waals surface area (Å²) in [6.45, 7) is 7.28. The zero-order valence-electron chi connectivity index (χ0n) is 20.1. The lowest BCUT2D eigenvalue weighted by Crippen LogP contribution is -2.40. The Bertz CT molecular complexity index is 1210. The maximum absolute atomic E-state index is 13.5. The van der Waals surface area contributed by atoms with E-state index in [-0.39, 0.29) is 17.2 Å². The molecule has 1 saturated carbocycles. The maximum Gasteiger partial charge on any atom is 0.332 e. The predicted octanol–water partition coefficient (Wildman–Crippen LogP) is 3.84. The second-order valence-electron chi connectivity index (χ2n) is 9.36. The Labute approximate surface area is 194 Å². The second kappa shape index (κ2) is 9.85. The predicted molar refractivity (Wildman–Crippen MR) is 131 cm³/mol. The van der Waals surface area contributed by atoms with Crippen LogP contribution in [-0.4, -0.2) is 31.8 Å². The monoisotopic (exact) mass is 453 g/mol. The molecule has 2 aromatic heterocycles. The highest BCUT2D eigenvalue weighted by molar-refractivity contribution is 5.74. The van der Waals surface area contributed by atoms with Crippen LogP contribution in [0.15, 0.2) is 33.9 Å². The highest BCUT2D eigenvalue weighted by atomic mass is 16.5. The number of benzene rings is 1. The molecule has 33 heavy (non-hydrogen) atoms. The Hall–Kier alpha value is -3.03. The van der Waals surface area contributed by atoms with E-state index in [1.807, 2.05) is 35.8 Å². The summed E-state index contributed by atoms with van der Waals surface area (Å²) in [7, 11) is 1.64. The molecule has 1 aliphatic carbocycles. The first kappa shape index (κ1) is 23.1. The van der Waals surface area contributed by atoms with E-state index < -0.39 is 0 Å². The van der Waals surface area contributed by atoms with Gasteiger partial charge in [-0.3, -0.25) is 18.5 Å². The van der Waals surface area contributed by atoms with Gasteiger partial charge in [-0.2, -0.15) is 4.98 Å². The van der Waals surface area contributed by atoms with Crippen molar-refractivity contribution in [3.8, 4) is 5.75 Å². The Morgan fingerprint density at radius 2 is 1.76 bits per heavy atom. The molecule has 8 heteroatoms. The van der Waals surface area contributed by atoms with Crippen molar-refractivity contribution in [2.24, 2.45) is 5.92 Å². The summed E-state index contributed by atoms with van der Waals surface area (Å²) in [5.41, 5.74) is 1.41. The van der Waals surface area contributed by atoms with Crippen LogP contribution in [0.25, 0.3) is 11.2 Å². The Balaban J connectivity index is 1.90. The first-order valence-corrected chi connectivity index (χ1v) is 12.1. The molecule has 0 radical (unpaired) electrons. The number of nitrogens with one attached hydrogen (secondary N) is 1. The van der Waals surface area contributed by atoms with E-state index in [1.54, 1.807) is 11.7 Å². The van der Waals surface area contributed by atoms with Crippen LogP contribution in [0.3, 0.4) is 0 Å². The number of nitrogens with zero attached hydrogens (tertiary/aromatic N) is 4. The van der Waals surface area contributed by atoms with Gasteiger partial charge in [0, 0.05) is 19.1 Å². The smallest absolute Gasteiger partial charge is 0.332 e. The summed E-state index contributed by atoms with van der Waals surface area (Å²) < 4.78 is 10.2.